The average Bonchev–Trinajstić information content (AvgIpc) is 3.11. The molecular weight excluding hydrogens is 252 g/mol. The number of anilines is 1. The highest BCUT2D eigenvalue weighted by Gasteiger charge is 2.40. The molecule has 2 rings (SSSR count). The van der Waals surface area contributed by atoms with Crippen molar-refractivity contribution in [2.45, 2.75) is 27.2 Å². The van der Waals surface area contributed by atoms with Crippen LogP contribution < -0.4 is 5.32 Å². The van der Waals surface area contributed by atoms with Crippen molar-refractivity contribution in [1.82, 2.24) is 4.90 Å². The maximum absolute atomic E-state index is 12.0. The van der Waals surface area contributed by atoms with Crippen LogP contribution in [0.15, 0.2) is 18.2 Å². The molecule has 4 nitrogen and oxygen atoms in total. The van der Waals surface area contributed by atoms with Crippen molar-refractivity contribution >= 4 is 17.5 Å². The zero-order chi connectivity index (χ0) is 14.9. The first kappa shape index (κ1) is 14.6. The van der Waals surface area contributed by atoms with E-state index >= 15 is 0 Å². The average molecular weight is 274 g/mol. The maximum atomic E-state index is 12.0. The minimum atomic E-state index is -0.150. The van der Waals surface area contributed by atoms with Gasteiger partial charge in [-0.25, -0.2) is 0 Å². The Labute approximate surface area is 120 Å². The van der Waals surface area contributed by atoms with Gasteiger partial charge in [0.15, 0.2) is 0 Å². The quantitative estimate of drug-likeness (QED) is 0.916. The molecule has 1 N–H and O–H groups in total. The van der Waals surface area contributed by atoms with E-state index in [9.17, 15) is 9.59 Å². The lowest BCUT2D eigenvalue weighted by atomic mass is 10.1. The third-order valence-corrected chi connectivity index (χ3v) is 4.06. The van der Waals surface area contributed by atoms with Crippen LogP contribution in [-0.4, -0.2) is 30.3 Å². The Morgan fingerprint density at radius 1 is 1.35 bits per heavy atom. The molecule has 1 fully saturated rings. The molecule has 1 aliphatic carbocycles. The predicted octanol–water partition coefficient (Wildman–Crippen LogP) is 2.36. The van der Waals surface area contributed by atoms with Crippen LogP contribution in [0.1, 0.15) is 24.5 Å². The molecule has 2 atom stereocenters. The van der Waals surface area contributed by atoms with Gasteiger partial charge < -0.3 is 10.2 Å². The first-order chi connectivity index (χ1) is 9.40. The largest absolute Gasteiger partial charge is 0.336 e. The highest BCUT2D eigenvalue weighted by molar-refractivity contribution is 5.95. The van der Waals surface area contributed by atoms with Gasteiger partial charge in [-0.2, -0.15) is 0 Å². The summed E-state index contributed by atoms with van der Waals surface area (Å²) in [5, 5.41) is 2.87. The summed E-state index contributed by atoms with van der Waals surface area (Å²) in [6.07, 6.45) is 0.946. The van der Waals surface area contributed by atoms with Crippen LogP contribution in [0.5, 0.6) is 0 Å². The lowest BCUT2D eigenvalue weighted by Crippen LogP contribution is -2.36. The van der Waals surface area contributed by atoms with Crippen LogP contribution in [0.2, 0.25) is 0 Å². The smallest absolute Gasteiger partial charge is 0.243 e. The van der Waals surface area contributed by atoms with Crippen LogP contribution >= 0.6 is 0 Å². The number of nitrogens with one attached hydrogen (secondary N) is 1. The van der Waals surface area contributed by atoms with E-state index in [0.29, 0.717) is 5.92 Å². The summed E-state index contributed by atoms with van der Waals surface area (Å²) in [6, 6.07) is 5.80. The monoisotopic (exact) mass is 274 g/mol. The van der Waals surface area contributed by atoms with Gasteiger partial charge in [0.1, 0.15) is 0 Å². The first-order valence-electron chi connectivity index (χ1n) is 7.01. The van der Waals surface area contributed by atoms with Gasteiger partial charge >= 0.3 is 0 Å². The molecule has 0 unspecified atom stereocenters. The molecule has 20 heavy (non-hydrogen) atoms. The summed E-state index contributed by atoms with van der Waals surface area (Å²) in [7, 11) is 1.69. The SMILES string of the molecule is Cc1cccc(NC(=O)CN(C)C(=O)[C@H]2C[C@@H]2C)c1C. The molecular formula is C16H22N2O2. The van der Waals surface area contributed by atoms with Crippen LogP contribution in [0.4, 0.5) is 5.69 Å². The van der Waals surface area contributed by atoms with E-state index < -0.39 is 0 Å². The molecule has 1 aromatic rings. The second-order valence-corrected chi connectivity index (χ2v) is 5.81. The lowest BCUT2D eigenvalue weighted by molar-refractivity contribution is -0.134. The van der Waals surface area contributed by atoms with E-state index in [0.717, 1.165) is 23.2 Å². The zero-order valence-electron chi connectivity index (χ0n) is 12.6. The molecule has 4 heteroatoms. The maximum Gasteiger partial charge on any atom is 0.243 e. The fourth-order valence-corrected chi connectivity index (χ4v) is 2.32. The normalized spacial score (nSPS) is 20.4. The highest BCUT2D eigenvalue weighted by atomic mass is 16.2. The number of amides is 2. The predicted molar refractivity (Wildman–Crippen MR) is 79.5 cm³/mol. The van der Waals surface area contributed by atoms with Gasteiger partial charge in [0.2, 0.25) is 11.8 Å². The summed E-state index contributed by atoms with van der Waals surface area (Å²) in [5.41, 5.74) is 3.01. The second-order valence-electron chi connectivity index (χ2n) is 5.81. The fraction of sp³-hybridized carbons (Fsp3) is 0.500. The van der Waals surface area contributed by atoms with Gasteiger partial charge in [0, 0.05) is 18.7 Å². The second kappa shape index (κ2) is 5.65. The third-order valence-electron chi connectivity index (χ3n) is 4.06. The summed E-state index contributed by atoms with van der Waals surface area (Å²) < 4.78 is 0. The number of carbonyl (C=O) groups is 2. The van der Waals surface area contributed by atoms with Crippen molar-refractivity contribution < 1.29 is 9.59 Å². The van der Waals surface area contributed by atoms with Gasteiger partial charge in [0.05, 0.1) is 6.54 Å². The van der Waals surface area contributed by atoms with Crippen molar-refractivity contribution in [3.63, 3.8) is 0 Å². The van der Waals surface area contributed by atoms with E-state index in [1.54, 1.807) is 7.05 Å². The minimum absolute atomic E-state index is 0.0774. The Hall–Kier alpha value is -1.84. The van der Waals surface area contributed by atoms with Crippen LogP contribution in [-0.2, 0) is 9.59 Å². The molecule has 1 aromatic carbocycles. The topological polar surface area (TPSA) is 49.4 Å². The van der Waals surface area contributed by atoms with Crippen molar-refractivity contribution in [3.05, 3.63) is 29.3 Å². The van der Waals surface area contributed by atoms with Gasteiger partial charge in [-0.3, -0.25) is 9.59 Å². The molecule has 1 aliphatic rings. The minimum Gasteiger partial charge on any atom is -0.336 e. The molecule has 108 valence electrons. The van der Waals surface area contributed by atoms with Crippen LogP contribution in [0, 0.1) is 25.7 Å². The fourth-order valence-electron chi connectivity index (χ4n) is 2.32. The van der Waals surface area contributed by atoms with Crippen molar-refractivity contribution in [3.8, 4) is 0 Å². The van der Waals surface area contributed by atoms with Crippen molar-refractivity contribution in [1.29, 1.82) is 0 Å². The molecule has 0 bridgehead atoms. The Bertz CT molecular complexity index is 539. The van der Waals surface area contributed by atoms with E-state index in [4.69, 9.17) is 0 Å². The molecule has 1 saturated carbocycles. The Morgan fingerprint density at radius 3 is 2.60 bits per heavy atom. The molecule has 0 spiro atoms. The number of nitrogens with zero attached hydrogens (tertiary/aromatic N) is 1. The number of carbonyl (C=O) groups excluding carboxylic acids is 2. The van der Waals surface area contributed by atoms with Crippen LogP contribution in [0.25, 0.3) is 0 Å². The van der Waals surface area contributed by atoms with Gasteiger partial charge in [-0.1, -0.05) is 19.1 Å². The van der Waals surface area contributed by atoms with E-state index in [2.05, 4.69) is 12.2 Å². The Balaban J connectivity index is 1.92. The standard InChI is InChI=1S/C16H22N2O2/c1-10-6-5-7-14(12(10)3)17-15(19)9-18(4)16(20)13-8-11(13)2/h5-7,11,13H,8-9H2,1-4H3,(H,17,19)/t11-,13-/m0/s1. The summed E-state index contributed by atoms with van der Waals surface area (Å²) >= 11 is 0. The van der Waals surface area contributed by atoms with Gasteiger partial charge in [-0.15, -0.1) is 0 Å². The third kappa shape index (κ3) is 3.18. The van der Waals surface area contributed by atoms with Gasteiger partial charge in [-0.05, 0) is 43.4 Å². The number of hydrogen-bond acceptors (Lipinski definition) is 2. The molecule has 0 aromatic heterocycles. The summed E-state index contributed by atoms with van der Waals surface area (Å²) in [4.78, 5) is 25.5. The number of aryl methyl sites for hydroxylation is 1. The lowest BCUT2D eigenvalue weighted by Gasteiger charge is -2.17. The number of benzene rings is 1. The first-order valence-corrected chi connectivity index (χ1v) is 7.01. The van der Waals surface area contributed by atoms with Crippen molar-refractivity contribution in [2.75, 3.05) is 18.9 Å². The Kier molecular flexibility index (Phi) is 4.12. The molecule has 0 heterocycles. The van der Waals surface area contributed by atoms with E-state index in [1.807, 2.05) is 32.0 Å². The molecule has 0 radical (unpaired) electrons. The highest BCUT2D eigenvalue weighted by Crippen LogP contribution is 2.38. The number of hydrogen-bond donors (Lipinski definition) is 1. The molecule has 0 saturated heterocycles. The summed E-state index contributed by atoms with van der Waals surface area (Å²) in [6.45, 7) is 6.16. The molecule has 0 aliphatic heterocycles. The summed E-state index contributed by atoms with van der Waals surface area (Å²) in [5.74, 6) is 0.511. The van der Waals surface area contributed by atoms with Gasteiger partial charge in [0.25, 0.3) is 0 Å². The van der Waals surface area contributed by atoms with Crippen LogP contribution in [0.3, 0.4) is 0 Å². The number of likely N-dealkylation sites (N-methyl/N-ethyl adjacent to an activating group) is 1. The molecule has 2 amide bonds. The van der Waals surface area contributed by atoms with E-state index in [-0.39, 0.29) is 24.3 Å². The zero-order valence-corrected chi connectivity index (χ0v) is 12.6. The van der Waals surface area contributed by atoms with E-state index in [1.165, 1.54) is 4.90 Å². The van der Waals surface area contributed by atoms with Crippen molar-refractivity contribution in [2.24, 2.45) is 11.8 Å². The number of rotatable bonds is 4. The Morgan fingerprint density at radius 2 is 2.00 bits per heavy atom.